The highest BCUT2D eigenvalue weighted by Crippen LogP contribution is 2.40. The molecule has 2 unspecified atom stereocenters. The fourth-order valence-electron chi connectivity index (χ4n) is 3.25. The molecule has 0 nitrogen and oxygen atoms in total. The minimum atomic E-state index is 1.01. The lowest BCUT2D eigenvalue weighted by Gasteiger charge is -2.34. The van der Waals surface area contributed by atoms with Gasteiger partial charge >= 0.3 is 0 Å². The first kappa shape index (κ1) is 10.5. The molecule has 2 atom stereocenters. The number of hydrogen-bond donors (Lipinski definition) is 0. The van der Waals surface area contributed by atoms with Crippen LogP contribution in [-0.2, 0) is 0 Å². The molecule has 0 heterocycles. The molecule has 0 amide bonds. The molecule has 0 spiro atoms. The summed E-state index contributed by atoms with van der Waals surface area (Å²) in [6.07, 6.45) is 15.3. The Morgan fingerprint density at radius 1 is 0.571 bits per heavy atom. The molecular weight excluding hydrogens is 168 g/mol. The monoisotopic (exact) mass is 194 g/mol. The Bertz CT molecular complexity index is 157. The maximum absolute atomic E-state index is 2.46. The van der Waals surface area contributed by atoms with Gasteiger partial charge in [0.1, 0.15) is 0 Å². The van der Waals surface area contributed by atoms with E-state index >= 15 is 0 Å². The SMILES string of the molecule is CC1CCCCCC(C2CCC2)CC1. The lowest BCUT2D eigenvalue weighted by Crippen LogP contribution is -2.22. The van der Waals surface area contributed by atoms with Crippen LogP contribution >= 0.6 is 0 Å². The van der Waals surface area contributed by atoms with Crippen LogP contribution in [0, 0.1) is 17.8 Å². The Kier molecular flexibility index (Phi) is 3.89. The first-order valence-electron chi connectivity index (χ1n) is 6.86. The van der Waals surface area contributed by atoms with Gasteiger partial charge in [0.2, 0.25) is 0 Å². The zero-order valence-electron chi connectivity index (χ0n) is 9.80. The number of hydrogen-bond acceptors (Lipinski definition) is 0. The molecule has 0 aromatic carbocycles. The molecule has 0 aromatic heterocycles. The molecule has 2 aliphatic rings. The van der Waals surface area contributed by atoms with Gasteiger partial charge in [-0.05, 0) is 24.2 Å². The summed E-state index contributed by atoms with van der Waals surface area (Å²) in [5.74, 6) is 3.26. The molecule has 2 fully saturated rings. The highest BCUT2D eigenvalue weighted by molar-refractivity contribution is 4.79. The maximum atomic E-state index is 2.46. The van der Waals surface area contributed by atoms with E-state index in [9.17, 15) is 0 Å². The lowest BCUT2D eigenvalue weighted by atomic mass is 9.72. The quantitative estimate of drug-likeness (QED) is 0.563. The first-order valence-corrected chi connectivity index (χ1v) is 6.86. The highest BCUT2D eigenvalue weighted by Gasteiger charge is 2.27. The number of rotatable bonds is 1. The normalized spacial score (nSPS) is 36.6. The molecule has 14 heavy (non-hydrogen) atoms. The van der Waals surface area contributed by atoms with Crippen molar-refractivity contribution in [3.05, 3.63) is 0 Å². The van der Waals surface area contributed by atoms with Gasteiger partial charge in [0.25, 0.3) is 0 Å². The molecule has 0 saturated heterocycles. The van der Waals surface area contributed by atoms with Crippen molar-refractivity contribution in [1.29, 1.82) is 0 Å². The van der Waals surface area contributed by atoms with E-state index in [4.69, 9.17) is 0 Å². The Morgan fingerprint density at radius 2 is 1.21 bits per heavy atom. The fourth-order valence-corrected chi connectivity index (χ4v) is 3.25. The lowest BCUT2D eigenvalue weighted by molar-refractivity contribution is 0.177. The van der Waals surface area contributed by atoms with Crippen LogP contribution in [0.25, 0.3) is 0 Å². The molecular formula is C14H26. The summed E-state index contributed by atoms with van der Waals surface area (Å²) in [5, 5.41) is 0. The van der Waals surface area contributed by atoms with Crippen LogP contribution in [0.5, 0.6) is 0 Å². The molecule has 2 rings (SSSR count). The van der Waals surface area contributed by atoms with Crippen LogP contribution in [0.15, 0.2) is 0 Å². The van der Waals surface area contributed by atoms with E-state index in [1.54, 1.807) is 25.7 Å². The van der Waals surface area contributed by atoms with Crippen molar-refractivity contribution in [2.45, 2.75) is 71.1 Å². The van der Waals surface area contributed by atoms with Crippen molar-refractivity contribution in [3.63, 3.8) is 0 Å². The topological polar surface area (TPSA) is 0 Å². The van der Waals surface area contributed by atoms with Crippen LogP contribution < -0.4 is 0 Å². The van der Waals surface area contributed by atoms with Crippen molar-refractivity contribution in [2.75, 3.05) is 0 Å². The van der Waals surface area contributed by atoms with Crippen LogP contribution in [0.2, 0.25) is 0 Å². The summed E-state index contributed by atoms with van der Waals surface area (Å²) < 4.78 is 0. The van der Waals surface area contributed by atoms with Crippen molar-refractivity contribution in [2.24, 2.45) is 17.8 Å². The van der Waals surface area contributed by atoms with Crippen LogP contribution in [0.1, 0.15) is 71.1 Å². The molecule has 0 aliphatic heterocycles. The maximum Gasteiger partial charge on any atom is -0.0386 e. The summed E-state index contributed by atoms with van der Waals surface area (Å²) in [5.41, 5.74) is 0. The molecule has 0 radical (unpaired) electrons. The van der Waals surface area contributed by atoms with Gasteiger partial charge in [-0.3, -0.25) is 0 Å². The summed E-state index contributed by atoms with van der Waals surface area (Å²) in [7, 11) is 0. The second-order valence-corrected chi connectivity index (χ2v) is 5.77. The van der Waals surface area contributed by atoms with Gasteiger partial charge in [-0.15, -0.1) is 0 Å². The summed E-state index contributed by atoms with van der Waals surface area (Å²) >= 11 is 0. The smallest absolute Gasteiger partial charge is 0.0386 e. The van der Waals surface area contributed by atoms with Gasteiger partial charge < -0.3 is 0 Å². The second-order valence-electron chi connectivity index (χ2n) is 5.77. The second kappa shape index (κ2) is 5.19. The van der Waals surface area contributed by atoms with E-state index in [-0.39, 0.29) is 0 Å². The van der Waals surface area contributed by atoms with Crippen molar-refractivity contribution in [1.82, 2.24) is 0 Å². The first-order chi connectivity index (χ1) is 6.86. The molecule has 0 N–H and O–H groups in total. The van der Waals surface area contributed by atoms with E-state index in [1.165, 1.54) is 38.5 Å². The van der Waals surface area contributed by atoms with Gasteiger partial charge in [-0.25, -0.2) is 0 Å². The fraction of sp³-hybridized carbons (Fsp3) is 1.00. The average Bonchev–Trinajstić information content (AvgIpc) is 2.17. The van der Waals surface area contributed by atoms with Crippen LogP contribution in [0.3, 0.4) is 0 Å². The molecule has 0 bridgehead atoms. The van der Waals surface area contributed by atoms with Gasteiger partial charge in [-0.1, -0.05) is 64.7 Å². The zero-order valence-corrected chi connectivity index (χ0v) is 9.80. The molecule has 2 aliphatic carbocycles. The molecule has 0 aromatic rings. The Hall–Kier alpha value is 0. The summed E-state index contributed by atoms with van der Waals surface area (Å²) in [6, 6.07) is 0. The predicted octanol–water partition coefficient (Wildman–Crippen LogP) is 4.78. The van der Waals surface area contributed by atoms with Crippen molar-refractivity contribution >= 4 is 0 Å². The Labute approximate surface area is 89.5 Å². The van der Waals surface area contributed by atoms with E-state index in [0.29, 0.717) is 0 Å². The zero-order chi connectivity index (χ0) is 9.80. The van der Waals surface area contributed by atoms with E-state index < -0.39 is 0 Å². The largest absolute Gasteiger partial charge is 0.0625 e. The van der Waals surface area contributed by atoms with Gasteiger partial charge in [0.05, 0.1) is 0 Å². The van der Waals surface area contributed by atoms with Gasteiger partial charge in [0, 0.05) is 0 Å². The Morgan fingerprint density at radius 3 is 1.93 bits per heavy atom. The van der Waals surface area contributed by atoms with Crippen molar-refractivity contribution in [3.8, 4) is 0 Å². The molecule has 0 heteroatoms. The predicted molar refractivity (Wildman–Crippen MR) is 62.3 cm³/mol. The molecule has 82 valence electrons. The minimum absolute atomic E-state index is 1.01. The minimum Gasteiger partial charge on any atom is -0.0625 e. The Balaban J connectivity index is 1.81. The third-order valence-electron chi connectivity index (χ3n) is 4.62. The average molecular weight is 194 g/mol. The van der Waals surface area contributed by atoms with E-state index in [2.05, 4.69) is 6.92 Å². The third-order valence-corrected chi connectivity index (χ3v) is 4.62. The van der Waals surface area contributed by atoms with Crippen molar-refractivity contribution < 1.29 is 0 Å². The van der Waals surface area contributed by atoms with Crippen LogP contribution in [-0.4, -0.2) is 0 Å². The van der Waals surface area contributed by atoms with E-state index in [1.807, 2.05) is 0 Å². The van der Waals surface area contributed by atoms with Crippen LogP contribution in [0.4, 0.5) is 0 Å². The molecule has 2 saturated carbocycles. The third kappa shape index (κ3) is 2.74. The standard InChI is InChI=1S/C14H26/c1-12-6-3-2-4-7-14(11-10-12)13-8-5-9-13/h12-14H,2-11H2,1H3. The summed E-state index contributed by atoms with van der Waals surface area (Å²) in [6.45, 7) is 2.46. The summed E-state index contributed by atoms with van der Waals surface area (Å²) in [4.78, 5) is 0. The highest BCUT2D eigenvalue weighted by atomic mass is 14.3. The van der Waals surface area contributed by atoms with E-state index in [0.717, 1.165) is 17.8 Å². The van der Waals surface area contributed by atoms with Gasteiger partial charge in [0.15, 0.2) is 0 Å². The van der Waals surface area contributed by atoms with Gasteiger partial charge in [-0.2, -0.15) is 0 Å².